The molecule has 0 fully saturated rings. The third kappa shape index (κ3) is 2.95. The number of carbonyl (C=O) groups excluding carboxylic acids is 2. The highest BCUT2D eigenvalue weighted by Crippen LogP contribution is 2.41. The molecule has 24 heavy (non-hydrogen) atoms. The molecule has 0 N–H and O–H groups in total. The van der Waals surface area contributed by atoms with Crippen LogP contribution < -0.4 is 0 Å². The van der Waals surface area contributed by atoms with Crippen LogP contribution in [0.15, 0.2) is 73.3 Å². The summed E-state index contributed by atoms with van der Waals surface area (Å²) in [5.41, 5.74) is 0.418. The Morgan fingerprint density at radius 2 is 1.25 bits per heavy atom. The van der Waals surface area contributed by atoms with Gasteiger partial charge in [0.25, 0.3) is 0 Å². The molecular formula is C20H20O4. The summed E-state index contributed by atoms with van der Waals surface area (Å²) in [4.78, 5) is 25.0. The molecule has 2 rings (SSSR count). The number of hydrogen-bond acceptors (Lipinski definition) is 4. The molecule has 0 heterocycles. The Balaban J connectivity index is 2.81. The van der Waals surface area contributed by atoms with Crippen molar-refractivity contribution in [2.24, 2.45) is 5.92 Å². The van der Waals surface area contributed by atoms with Crippen LogP contribution >= 0.6 is 0 Å². The van der Waals surface area contributed by atoms with Gasteiger partial charge in [-0.15, -0.1) is 6.58 Å². The van der Waals surface area contributed by atoms with Crippen molar-refractivity contribution < 1.29 is 19.1 Å². The Labute approximate surface area is 141 Å². The normalized spacial score (nSPS) is 11.0. The number of carbonyl (C=O) groups is 2. The van der Waals surface area contributed by atoms with Gasteiger partial charge >= 0.3 is 11.9 Å². The van der Waals surface area contributed by atoms with Gasteiger partial charge in [0.1, 0.15) is 0 Å². The van der Waals surface area contributed by atoms with E-state index in [4.69, 9.17) is 9.47 Å². The Kier molecular flexibility index (Phi) is 5.53. The van der Waals surface area contributed by atoms with Crippen molar-refractivity contribution in [3.8, 4) is 0 Å². The maximum Gasteiger partial charge on any atom is 0.321 e. The average molecular weight is 324 g/mol. The summed E-state index contributed by atoms with van der Waals surface area (Å²) in [5, 5.41) is 0. The summed E-state index contributed by atoms with van der Waals surface area (Å²) >= 11 is 0. The van der Waals surface area contributed by atoms with Gasteiger partial charge in [0.15, 0.2) is 5.92 Å². The molecule has 0 saturated carbocycles. The molecule has 0 spiro atoms. The molecule has 0 aromatic heterocycles. The predicted molar refractivity (Wildman–Crippen MR) is 91.4 cm³/mol. The van der Waals surface area contributed by atoms with Crippen LogP contribution in [0.4, 0.5) is 0 Å². The lowest BCUT2D eigenvalue weighted by Crippen LogP contribution is -2.45. The van der Waals surface area contributed by atoms with E-state index >= 15 is 0 Å². The fourth-order valence-corrected chi connectivity index (χ4v) is 2.99. The second-order valence-corrected chi connectivity index (χ2v) is 5.28. The zero-order chi connectivity index (χ0) is 17.6. The van der Waals surface area contributed by atoms with Crippen molar-refractivity contribution in [2.45, 2.75) is 5.41 Å². The molecule has 0 aliphatic heterocycles. The van der Waals surface area contributed by atoms with Crippen molar-refractivity contribution >= 4 is 11.9 Å². The van der Waals surface area contributed by atoms with E-state index in [2.05, 4.69) is 6.58 Å². The van der Waals surface area contributed by atoms with Crippen LogP contribution in [-0.4, -0.2) is 26.2 Å². The second kappa shape index (κ2) is 7.59. The highest BCUT2D eigenvalue weighted by Gasteiger charge is 2.49. The summed E-state index contributed by atoms with van der Waals surface area (Å²) in [6.45, 7) is 3.92. The molecule has 0 bridgehead atoms. The van der Waals surface area contributed by atoms with Gasteiger partial charge in [0.05, 0.1) is 19.6 Å². The van der Waals surface area contributed by atoms with Crippen LogP contribution in [0.1, 0.15) is 11.1 Å². The monoisotopic (exact) mass is 324 g/mol. The summed E-state index contributed by atoms with van der Waals surface area (Å²) < 4.78 is 9.80. The van der Waals surface area contributed by atoms with E-state index in [0.29, 0.717) is 0 Å². The largest absolute Gasteiger partial charge is 0.468 e. The van der Waals surface area contributed by atoms with Gasteiger partial charge in [0, 0.05) is 0 Å². The van der Waals surface area contributed by atoms with Gasteiger partial charge in [-0.25, -0.2) is 0 Å². The van der Waals surface area contributed by atoms with E-state index in [-0.39, 0.29) is 0 Å². The Morgan fingerprint density at radius 1 is 0.875 bits per heavy atom. The quantitative estimate of drug-likeness (QED) is 0.465. The first kappa shape index (κ1) is 17.5. The van der Waals surface area contributed by atoms with E-state index < -0.39 is 23.3 Å². The van der Waals surface area contributed by atoms with Crippen LogP contribution in [0.25, 0.3) is 0 Å². The highest BCUT2D eigenvalue weighted by atomic mass is 16.5. The minimum Gasteiger partial charge on any atom is -0.468 e. The number of methoxy groups -OCH3 is 2. The fourth-order valence-electron chi connectivity index (χ4n) is 2.99. The first-order valence-corrected chi connectivity index (χ1v) is 7.52. The van der Waals surface area contributed by atoms with E-state index in [9.17, 15) is 9.59 Å². The molecule has 4 nitrogen and oxygen atoms in total. The maximum atomic E-state index is 12.5. The third-order valence-electron chi connectivity index (χ3n) is 4.15. The van der Waals surface area contributed by atoms with Crippen LogP contribution in [0, 0.1) is 5.92 Å². The number of benzene rings is 2. The topological polar surface area (TPSA) is 52.6 Å². The van der Waals surface area contributed by atoms with Crippen LogP contribution in [0.3, 0.4) is 0 Å². The van der Waals surface area contributed by atoms with Crippen molar-refractivity contribution in [3.05, 3.63) is 84.4 Å². The van der Waals surface area contributed by atoms with Crippen molar-refractivity contribution in [1.82, 2.24) is 0 Å². The molecule has 0 atom stereocenters. The lowest BCUT2D eigenvalue weighted by molar-refractivity contribution is -0.160. The Hall–Kier alpha value is -2.88. The van der Waals surface area contributed by atoms with Gasteiger partial charge < -0.3 is 9.47 Å². The zero-order valence-electron chi connectivity index (χ0n) is 13.8. The minimum atomic E-state index is -1.20. The van der Waals surface area contributed by atoms with Crippen LogP contribution in [-0.2, 0) is 24.5 Å². The first-order valence-electron chi connectivity index (χ1n) is 7.52. The number of rotatable bonds is 6. The van der Waals surface area contributed by atoms with Gasteiger partial charge in [0.2, 0.25) is 0 Å². The zero-order valence-corrected chi connectivity index (χ0v) is 13.8. The minimum absolute atomic E-state index is 0.672. The van der Waals surface area contributed by atoms with E-state index in [1.165, 1.54) is 14.2 Å². The predicted octanol–water partition coefficient (Wildman–Crippen LogP) is 3.12. The summed E-state index contributed by atoms with van der Waals surface area (Å²) in [6, 6.07) is 18.6. The number of ether oxygens (including phenoxy) is 2. The second-order valence-electron chi connectivity index (χ2n) is 5.28. The molecule has 0 aliphatic rings. The van der Waals surface area contributed by atoms with Gasteiger partial charge in [-0.05, 0) is 11.1 Å². The fraction of sp³-hybridized carbons (Fsp3) is 0.200. The average Bonchev–Trinajstić information content (AvgIpc) is 2.66. The molecule has 2 aromatic rings. The molecule has 0 amide bonds. The molecule has 4 heteroatoms. The third-order valence-corrected chi connectivity index (χ3v) is 4.15. The summed E-state index contributed by atoms with van der Waals surface area (Å²) in [6.07, 6.45) is 1.61. The standard InChI is InChI=1S/C20H20O4/c1-4-20(15-11-7-5-8-12-15,16-13-9-6-10-14-16)17(18(21)23-2)19(22)24-3/h4-14,17H,1H2,2-3H3. The Bertz CT molecular complexity index is 651. The van der Waals surface area contributed by atoms with Crippen LogP contribution in [0.2, 0.25) is 0 Å². The van der Waals surface area contributed by atoms with Crippen LogP contribution in [0.5, 0.6) is 0 Å². The number of hydrogen-bond donors (Lipinski definition) is 0. The van der Waals surface area contributed by atoms with Crippen molar-refractivity contribution in [1.29, 1.82) is 0 Å². The summed E-state index contributed by atoms with van der Waals surface area (Å²) in [7, 11) is 2.50. The smallest absolute Gasteiger partial charge is 0.321 e. The van der Waals surface area contributed by atoms with Gasteiger partial charge in [-0.3, -0.25) is 9.59 Å². The number of allylic oxidation sites excluding steroid dienone is 1. The summed E-state index contributed by atoms with van der Waals surface area (Å²) in [5.74, 6) is -2.54. The Morgan fingerprint density at radius 3 is 1.54 bits per heavy atom. The number of esters is 2. The molecule has 0 radical (unpaired) electrons. The lowest BCUT2D eigenvalue weighted by atomic mass is 9.65. The maximum absolute atomic E-state index is 12.5. The molecule has 2 aromatic carbocycles. The van der Waals surface area contributed by atoms with Crippen molar-refractivity contribution in [3.63, 3.8) is 0 Å². The molecular weight excluding hydrogens is 304 g/mol. The van der Waals surface area contributed by atoms with Gasteiger partial charge in [-0.1, -0.05) is 66.7 Å². The highest BCUT2D eigenvalue weighted by molar-refractivity contribution is 5.98. The van der Waals surface area contributed by atoms with E-state index in [0.717, 1.165) is 11.1 Å². The SMILES string of the molecule is C=CC(c1ccccc1)(c1ccccc1)C(C(=O)OC)C(=O)OC. The lowest BCUT2D eigenvalue weighted by Gasteiger charge is -2.36. The van der Waals surface area contributed by atoms with E-state index in [1.54, 1.807) is 6.08 Å². The van der Waals surface area contributed by atoms with Gasteiger partial charge in [-0.2, -0.15) is 0 Å². The molecule has 124 valence electrons. The van der Waals surface area contributed by atoms with E-state index in [1.807, 2.05) is 60.7 Å². The molecule has 0 aliphatic carbocycles. The molecule has 0 unspecified atom stereocenters. The molecule has 0 saturated heterocycles. The first-order chi connectivity index (χ1) is 11.6. The van der Waals surface area contributed by atoms with Crippen molar-refractivity contribution in [2.75, 3.05) is 14.2 Å².